The minimum atomic E-state index is 0.0946. The molecular formula is C9H17NO2. The highest BCUT2D eigenvalue weighted by atomic mass is 16.3. The second-order valence-corrected chi connectivity index (χ2v) is 3.59. The van der Waals surface area contributed by atoms with Gasteiger partial charge in [0.2, 0.25) is 0 Å². The lowest BCUT2D eigenvalue weighted by Gasteiger charge is -2.23. The fourth-order valence-corrected chi connectivity index (χ4v) is 1.76. The third kappa shape index (κ3) is 2.29. The SMILES string of the molecule is CC(C=O)CN1CCCC1CO. The summed E-state index contributed by atoms with van der Waals surface area (Å²) in [5.41, 5.74) is 0. The lowest BCUT2D eigenvalue weighted by Crippen LogP contribution is -2.35. The van der Waals surface area contributed by atoms with Gasteiger partial charge in [-0.3, -0.25) is 4.90 Å². The predicted octanol–water partition coefficient (Wildman–Crippen LogP) is 0.278. The first-order valence-corrected chi connectivity index (χ1v) is 4.58. The standard InChI is InChI=1S/C9H17NO2/c1-8(6-11)5-10-4-2-3-9(10)7-12/h6,8-9,12H,2-5,7H2,1H3. The molecule has 0 saturated carbocycles. The maximum atomic E-state index is 10.4. The Labute approximate surface area is 73.4 Å². The molecule has 0 aromatic rings. The summed E-state index contributed by atoms with van der Waals surface area (Å²) in [6.45, 7) is 3.98. The van der Waals surface area contributed by atoms with E-state index in [1.807, 2.05) is 6.92 Å². The summed E-state index contributed by atoms with van der Waals surface area (Å²) in [6, 6.07) is 0.299. The van der Waals surface area contributed by atoms with Gasteiger partial charge in [0, 0.05) is 18.5 Å². The summed E-state index contributed by atoms with van der Waals surface area (Å²) in [7, 11) is 0. The molecule has 1 N–H and O–H groups in total. The topological polar surface area (TPSA) is 40.5 Å². The molecule has 0 bridgehead atoms. The van der Waals surface area contributed by atoms with Crippen LogP contribution in [-0.2, 0) is 4.79 Å². The minimum Gasteiger partial charge on any atom is -0.395 e. The summed E-state index contributed by atoms with van der Waals surface area (Å²) < 4.78 is 0. The zero-order valence-corrected chi connectivity index (χ0v) is 7.57. The van der Waals surface area contributed by atoms with E-state index in [2.05, 4.69) is 4.90 Å². The van der Waals surface area contributed by atoms with Gasteiger partial charge in [0.25, 0.3) is 0 Å². The Kier molecular flexibility index (Phi) is 3.69. The van der Waals surface area contributed by atoms with E-state index in [0.29, 0.717) is 6.04 Å². The highest BCUT2D eigenvalue weighted by molar-refractivity contribution is 5.53. The number of likely N-dealkylation sites (tertiary alicyclic amines) is 1. The van der Waals surface area contributed by atoms with Crippen LogP contribution in [0.4, 0.5) is 0 Å². The van der Waals surface area contributed by atoms with Crippen LogP contribution in [0.2, 0.25) is 0 Å². The third-order valence-corrected chi connectivity index (χ3v) is 2.46. The molecule has 2 unspecified atom stereocenters. The van der Waals surface area contributed by atoms with Crippen LogP contribution in [0.3, 0.4) is 0 Å². The molecule has 0 aliphatic carbocycles. The predicted molar refractivity (Wildman–Crippen MR) is 46.9 cm³/mol. The molecule has 70 valence electrons. The van der Waals surface area contributed by atoms with Gasteiger partial charge in [-0.05, 0) is 19.4 Å². The maximum absolute atomic E-state index is 10.4. The molecule has 0 spiro atoms. The van der Waals surface area contributed by atoms with E-state index in [1.165, 1.54) is 0 Å². The van der Waals surface area contributed by atoms with Crippen molar-refractivity contribution >= 4 is 6.29 Å². The van der Waals surface area contributed by atoms with Crippen molar-refractivity contribution in [1.82, 2.24) is 4.90 Å². The summed E-state index contributed by atoms with van der Waals surface area (Å²) in [4.78, 5) is 12.6. The molecule has 12 heavy (non-hydrogen) atoms. The van der Waals surface area contributed by atoms with Crippen LogP contribution in [0.1, 0.15) is 19.8 Å². The highest BCUT2D eigenvalue weighted by Gasteiger charge is 2.24. The summed E-state index contributed by atoms with van der Waals surface area (Å²) in [6.07, 6.45) is 3.20. The van der Waals surface area contributed by atoms with Crippen molar-refractivity contribution in [3.8, 4) is 0 Å². The smallest absolute Gasteiger partial charge is 0.124 e. The van der Waals surface area contributed by atoms with Gasteiger partial charge in [-0.25, -0.2) is 0 Å². The molecule has 1 heterocycles. The van der Waals surface area contributed by atoms with Crippen LogP contribution < -0.4 is 0 Å². The van der Waals surface area contributed by atoms with Crippen molar-refractivity contribution in [1.29, 1.82) is 0 Å². The number of aldehydes is 1. The van der Waals surface area contributed by atoms with Crippen molar-refractivity contribution in [2.75, 3.05) is 19.7 Å². The fraction of sp³-hybridized carbons (Fsp3) is 0.889. The number of hydrogen-bond acceptors (Lipinski definition) is 3. The van der Waals surface area contributed by atoms with Gasteiger partial charge in [0.1, 0.15) is 6.29 Å². The molecule has 0 amide bonds. The van der Waals surface area contributed by atoms with Gasteiger partial charge in [-0.1, -0.05) is 6.92 Å². The first kappa shape index (κ1) is 9.68. The van der Waals surface area contributed by atoms with Crippen LogP contribution in [0.5, 0.6) is 0 Å². The maximum Gasteiger partial charge on any atom is 0.124 e. The third-order valence-electron chi connectivity index (χ3n) is 2.46. The molecule has 0 aromatic carbocycles. The zero-order valence-electron chi connectivity index (χ0n) is 7.57. The summed E-state index contributed by atoms with van der Waals surface area (Å²) in [5, 5.41) is 8.99. The number of carbonyl (C=O) groups is 1. The second kappa shape index (κ2) is 4.58. The van der Waals surface area contributed by atoms with Crippen molar-refractivity contribution in [3.63, 3.8) is 0 Å². The molecule has 0 aromatic heterocycles. The van der Waals surface area contributed by atoms with Crippen LogP contribution >= 0.6 is 0 Å². The largest absolute Gasteiger partial charge is 0.395 e. The summed E-state index contributed by atoms with van der Waals surface area (Å²) in [5.74, 6) is 0.0946. The molecule has 3 nitrogen and oxygen atoms in total. The molecule has 0 radical (unpaired) electrons. The van der Waals surface area contributed by atoms with E-state index in [9.17, 15) is 4.79 Å². The molecule has 1 aliphatic rings. The van der Waals surface area contributed by atoms with Crippen LogP contribution in [0.15, 0.2) is 0 Å². The second-order valence-electron chi connectivity index (χ2n) is 3.59. The Hall–Kier alpha value is -0.410. The average molecular weight is 171 g/mol. The zero-order chi connectivity index (χ0) is 8.97. The van der Waals surface area contributed by atoms with Gasteiger partial charge >= 0.3 is 0 Å². The van der Waals surface area contributed by atoms with Crippen molar-refractivity contribution < 1.29 is 9.90 Å². The number of hydrogen-bond donors (Lipinski definition) is 1. The lowest BCUT2D eigenvalue weighted by atomic mass is 10.2. The molecule has 1 saturated heterocycles. The molecular weight excluding hydrogens is 154 g/mol. The number of aliphatic hydroxyl groups is 1. The Morgan fingerprint density at radius 1 is 1.75 bits per heavy atom. The lowest BCUT2D eigenvalue weighted by molar-refractivity contribution is -0.111. The highest BCUT2D eigenvalue weighted by Crippen LogP contribution is 2.17. The number of carbonyl (C=O) groups excluding carboxylic acids is 1. The molecule has 1 fully saturated rings. The average Bonchev–Trinajstić information content (AvgIpc) is 2.51. The molecule has 2 atom stereocenters. The van der Waals surface area contributed by atoms with Gasteiger partial charge in [0.05, 0.1) is 6.61 Å². The number of rotatable bonds is 4. The number of aliphatic hydroxyl groups excluding tert-OH is 1. The first-order chi connectivity index (χ1) is 5.77. The van der Waals surface area contributed by atoms with E-state index in [4.69, 9.17) is 5.11 Å². The van der Waals surface area contributed by atoms with E-state index < -0.39 is 0 Å². The van der Waals surface area contributed by atoms with Gasteiger partial charge in [0.15, 0.2) is 0 Å². The summed E-state index contributed by atoms with van der Waals surface area (Å²) >= 11 is 0. The fourth-order valence-electron chi connectivity index (χ4n) is 1.76. The molecule has 3 heteroatoms. The Bertz CT molecular complexity index is 149. The van der Waals surface area contributed by atoms with Gasteiger partial charge < -0.3 is 9.90 Å². The minimum absolute atomic E-state index is 0.0946. The molecule has 1 rings (SSSR count). The van der Waals surface area contributed by atoms with E-state index >= 15 is 0 Å². The van der Waals surface area contributed by atoms with Crippen LogP contribution in [0.25, 0.3) is 0 Å². The van der Waals surface area contributed by atoms with Crippen molar-refractivity contribution in [3.05, 3.63) is 0 Å². The number of nitrogens with zero attached hydrogens (tertiary/aromatic N) is 1. The van der Waals surface area contributed by atoms with Crippen molar-refractivity contribution in [2.45, 2.75) is 25.8 Å². The Morgan fingerprint density at radius 3 is 3.08 bits per heavy atom. The van der Waals surface area contributed by atoms with Crippen molar-refractivity contribution in [2.24, 2.45) is 5.92 Å². The van der Waals surface area contributed by atoms with Crippen LogP contribution in [-0.4, -0.2) is 42.0 Å². The van der Waals surface area contributed by atoms with E-state index in [1.54, 1.807) is 0 Å². The van der Waals surface area contributed by atoms with Gasteiger partial charge in [-0.2, -0.15) is 0 Å². The first-order valence-electron chi connectivity index (χ1n) is 4.58. The van der Waals surface area contributed by atoms with E-state index in [0.717, 1.165) is 32.2 Å². The normalized spacial score (nSPS) is 27.3. The Balaban J connectivity index is 2.34. The van der Waals surface area contributed by atoms with Gasteiger partial charge in [-0.15, -0.1) is 0 Å². The quantitative estimate of drug-likeness (QED) is 0.618. The Morgan fingerprint density at radius 2 is 2.50 bits per heavy atom. The van der Waals surface area contributed by atoms with E-state index in [-0.39, 0.29) is 12.5 Å². The van der Waals surface area contributed by atoms with Crippen LogP contribution in [0, 0.1) is 5.92 Å². The monoisotopic (exact) mass is 171 g/mol. The molecule has 1 aliphatic heterocycles.